The fourth-order valence-corrected chi connectivity index (χ4v) is 3.57. The van der Waals surface area contributed by atoms with Crippen LogP contribution in [-0.4, -0.2) is 32.1 Å². The molecule has 29 heavy (non-hydrogen) atoms. The maximum Gasteiger partial charge on any atom is 0.251 e. The summed E-state index contributed by atoms with van der Waals surface area (Å²) in [5, 5.41) is 13.7. The zero-order valence-corrected chi connectivity index (χ0v) is 16.2. The van der Waals surface area contributed by atoms with E-state index in [0.29, 0.717) is 23.4 Å². The molecule has 0 aliphatic carbocycles. The number of carbonyl (C=O) groups is 1. The first-order valence-electron chi connectivity index (χ1n) is 9.63. The first-order chi connectivity index (χ1) is 14.0. The molecule has 7 heteroatoms. The quantitative estimate of drug-likeness (QED) is 0.438. The van der Waals surface area contributed by atoms with Crippen LogP contribution in [0.5, 0.6) is 5.75 Å². The number of unbranched alkanes of at least 4 members (excludes halogenated alkanes) is 1. The van der Waals surface area contributed by atoms with E-state index in [0.717, 1.165) is 41.6 Å². The summed E-state index contributed by atoms with van der Waals surface area (Å²) in [6.45, 7) is 3.27. The van der Waals surface area contributed by atoms with E-state index in [2.05, 4.69) is 19.9 Å². The van der Waals surface area contributed by atoms with Gasteiger partial charge in [0.1, 0.15) is 17.1 Å². The molecule has 0 fully saturated rings. The average Bonchev–Trinajstić information content (AvgIpc) is 3.06. The summed E-state index contributed by atoms with van der Waals surface area (Å²) in [4.78, 5) is 21.1. The number of aromatic hydroxyl groups is 1. The Hall–Kier alpha value is -3.61. The molecule has 0 radical (unpaired) electrons. The van der Waals surface area contributed by atoms with Crippen LogP contribution < -0.4 is 11.1 Å². The van der Waals surface area contributed by atoms with Crippen LogP contribution in [0.2, 0.25) is 0 Å². The Balaban J connectivity index is 1.48. The number of nitrogen functional groups attached to an aromatic ring is 1. The third kappa shape index (κ3) is 3.71. The molecule has 4 rings (SSSR count). The maximum absolute atomic E-state index is 12.1. The number of aryl methyl sites for hydroxylation is 2. The van der Waals surface area contributed by atoms with Gasteiger partial charge in [-0.15, -0.1) is 0 Å². The van der Waals surface area contributed by atoms with Crippen molar-refractivity contribution in [1.82, 2.24) is 19.9 Å². The normalized spacial score (nSPS) is 11.2. The fourth-order valence-electron chi connectivity index (χ4n) is 3.57. The number of carbonyl (C=O) groups excluding carboxylic acids is 1. The van der Waals surface area contributed by atoms with Gasteiger partial charge in [0.25, 0.3) is 5.91 Å². The summed E-state index contributed by atoms with van der Waals surface area (Å²) in [5.74, 6) is 1.35. The smallest absolute Gasteiger partial charge is 0.251 e. The molecule has 2 aromatic carbocycles. The Morgan fingerprint density at radius 2 is 1.93 bits per heavy atom. The average molecular weight is 389 g/mol. The molecule has 4 N–H and O–H groups in total. The van der Waals surface area contributed by atoms with Gasteiger partial charge < -0.3 is 20.7 Å². The number of fused-ring (bicyclic) bond motifs is 3. The van der Waals surface area contributed by atoms with Crippen molar-refractivity contribution in [2.45, 2.75) is 26.3 Å². The number of benzene rings is 2. The minimum Gasteiger partial charge on any atom is -0.508 e. The molecule has 4 aromatic rings. The maximum atomic E-state index is 12.1. The molecule has 0 atom stereocenters. The van der Waals surface area contributed by atoms with Crippen LogP contribution in [0, 0.1) is 6.92 Å². The van der Waals surface area contributed by atoms with Crippen LogP contribution >= 0.6 is 0 Å². The number of nitrogens with two attached hydrogens (primary N) is 1. The van der Waals surface area contributed by atoms with Crippen molar-refractivity contribution in [3.05, 3.63) is 59.9 Å². The third-order valence-corrected chi connectivity index (χ3v) is 5.01. The first kappa shape index (κ1) is 18.7. The Bertz CT molecular complexity index is 1180. The second kappa shape index (κ2) is 7.79. The molecule has 0 bridgehead atoms. The third-order valence-electron chi connectivity index (χ3n) is 5.01. The Morgan fingerprint density at radius 3 is 2.72 bits per heavy atom. The lowest BCUT2D eigenvalue weighted by molar-refractivity contribution is 0.0953. The van der Waals surface area contributed by atoms with E-state index >= 15 is 0 Å². The molecule has 0 aliphatic rings. The lowest BCUT2D eigenvalue weighted by atomic mass is 10.1. The zero-order chi connectivity index (χ0) is 20.4. The minimum atomic E-state index is -0.0600. The van der Waals surface area contributed by atoms with E-state index in [4.69, 9.17) is 5.73 Å². The number of nitrogens with one attached hydrogen (secondary N) is 1. The van der Waals surface area contributed by atoms with Crippen molar-refractivity contribution in [2.24, 2.45) is 0 Å². The van der Waals surface area contributed by atoms with Gasteiger partial charge in [-0.1, -0.05) is 18.2 Å². The molecule has 0 aliphatic heterocycles. The van der Waals surface area contributed by atoms with Crippen molar-refractivity contribution in [3.63, 3.8) is 0 Å². The van der Waals surface area contributed by atoms with Crippen molar-refractivity contribution >= 4 is 33.7 Å². The molecule has 2 heterocycles. The number of phenolic OH excluding ortho intramolecular Hbond substituents is 1. The minimum absolute atomic E-state index is 0.0600. The number of hydrogen-bond acceptors (Lipinski definition) is 5. The second-order valence-corrected chi connectivity index (χ2v) is 7.04. The topological polar surface area (TPSA) is 106 Å². The summed E-state index contributed by atoms with van der Waals surface area (Å²) >= 11 is 0. The highest BCUT2D eigenvalue weighted by Gasteiger charge is 2.15. The number of amides is 1. The molecule has 7 nitrogen and oxygen atoms in total. The lowest BCUT2D eigenvalue weighted by Crippen LogP contribution is -2.24. The molecule has 0 saturated carbocycles. The van der Waals surface area contributed by atoms with Crippen LogP contribution in [0.25, 0.3) is 21.9 Å². The van der Waals surface area contributed by atoms with Gasteiger partial charge in [0.15, 0.2) is 5.82 Å². The SMILES string of the molecule is Cc1nc2c(N)nc3ccc(O)cc3c2n1CCCCNC(=O)c1ccccc1. The van der Waals surface area contributed by atoms with Gasteiger partial charge in [-0.05, 0) is 50.1 Å². The van der Waals surface area contributed by atoms with Gasteiger partial charge in [0, 0.05) is 24.0 Å². The molecule has 148 valence electrons. The second-order valence-electron chi connectivity index (χ2n) is 7.04. The van der Waals surface area contributed by atoms with Gasteiger partial charge in [0.05, 0.1) is 11.0 Å². The number of rotatable bonds is 6. The molecule has 0 spiro atoms. The molecular weight excluding hydrogens is 366 g/mol. The van der Waals surface area contributed by atoms with Gasteiger partial charge in [-0.25, -0.2) is 9.97 Å². The summed E-state index contributed by atoms with van der Waals surface area (Å²) in [5.41, 5.74) is 9.04. The molecule has 2 aromatic heterocycles. The zero-order valence-electron chi connectivity index (χ0n) is 16.2. The number of imidazole rings is 1. The highest BCUT2D eigenvalue weighted by Crippen LogP contribution is 2.31. The van der Waals surface area contributed by atoms with Gasteiger partial charge in [-0.2, -0.15) is 0 Å². The van der Waals surface area contributed by atoms with E-state index in [9.17, 15) is 9.90 Å². The fraction of sp³-hybridized carbons (Fsp3) is 0.227. The van der Waals surface area contributed by atoms with Crippen LogP contribution in [0.15, 0.2) is 48.5 Å². The highest BCUT2D eigenvalue weighted by atomic mass is 16.3. The van der Waals surface area contributed by atoms with Crippen LogP contribution in [0.4, 0.5) is 5.82 Å². The summed E-state index contributed by atoms with van der Waals surface area (Å²) in [6.07, 6.45) is 1.70. The predicted octanol–water partition coefficient (Wildman–Crippen LogP) is 3.39. The van der Waals surface area contributed by atoms with E-state index in [1.807, 2.05) is 25.1 Å². The molecule has 0 saturated heterocycles. The Kier molecular flexibility index (Phi) is 5.03. The van der Waals surface area contributed by atoms with Crippen LogP contribution in [-0.2, 0) is 6.54 Å². The number of pyridine rings is 1. The number of nitrogens with zero attached hydrogens (tertiary/aromatic N) is 3. The Labute approximate surface area is 168 Å². The van der Waals surface area contributed by atoms with Gasteiger partial charge in [0.2, 0.25) is 0 Å². The largest absolute Gasteiger partial charge is 0.508 e. The molecular formula is C22H23N5O2. The van der Waals surface area contributed by atoms with E-state index in [1.54, 1.807) is 30.3 Å². The summed E-state index contributed by atoms with van der Waals surface area (Å²) in [6, 6.07) is 14.2. The van der Waals surface area contributed by atoms with Crippen LogP contribution in [0.3, 0.4) is 0 Å². The van der Waals surface area contributed by atoms with Gasteiger partial charge in [-0.3, -0.25) is 4.79 Å². The van der Waals surface area contributed by atoms with Crippen molar-refractivity contribution < 1.29 is 9.90 Å². The first-order valence-corrected chi connectivity index (χ1v) is 9.63. The number of anilines is 1. The summed E-state index contributed by atoms with van der Waals surface area (Å²) in [7, 11) is 0. The summed E-state index contributed by atoms with van der Waals surface area (Å²) < 4.78 is 2.11. The number of hydrogen-bond donors (Lipinski definition) is 3. The van der Waals surface area contributed by atoms with Gasteiger partial charge >= 0.3 is 0 Å². The molecule has 1 amide bonds. The van der Waals surface area contributed by atoms with E-state index in [1.165, 1.54) is 0 Å². The standard InChI is InChI=1S/C22H23N5O2/c1-14-25-19-20(17-13-16(28)9-10-18(17)26-21(19)23)27(14)12-6-5-11-24-22(29)15-7-3-2-4-8-15/h2-4,7-10,13,28H,5-6,11-12H2,1H3,(H2,23,26)(H,24,29). The predicted molar refractivity (Wildman–Crippen MR) is 114 cm³/mol. The van der Waals surface area contributed by atoms with Crippen molar-refractivity contribution in [1.29, 1.82) is 0 Å². The molecule has 0 unspecified atom stereocenters. The van der Waals surface area contributed by atoms with E-state index < -0.39 is 0 Å². The Morgan fingerprint density at radius 1 is 1.14 bits per heavy atom. The lowest BCUT2D eigenvalue weighted by Gasteiger charge is -2.10. The van der Waals surface area contributed by atoms with Crippen molar-refractivity contribution in [2.75, 3.05) is 12.3 Å². The number of phenols is 1. The van der Waals surface area contributed by atoms with Crippen molar-refractivity contribution in [3.8, 4) is 5.75 Å². The highest BCUT2D eigenvalue weighted by molar-refractivity contribution is 6.07. The van der Waals surface area contributed by atoms with E-state index in [-0.39, 0.29) is 11.7 Å². The van der Waals surface area contributed by atoms with Crippen LogP contribution in [0.1, 0.15) is 29.0 Å². The monoisotopic (exact) mass is 389 g/mol. The number of aromatic nitrogens is 3.